The molecular formula is C7H9NO. The summed E-state index contributed by atoms with van der Waals surface area (Å²) < 4.78 is 0. The van der Waals surface area contributed by atoms with Gasteiger partial charge in [-0.25, -0.2) is 0 Å². The normalized spacial score (nSPS) is 46.0. The molecule has 2 nitrogen and oxygen atoms in total. The number of nitrogens with one attached hydrogen (secondary N) is 1. The number of aldehydes is 1. The molecule has 2 bridgehead atoms. The smallest absolute Gasteiger partial charge is 0.125 e. The highest BCUT2D eigenvalue weighted by Gasteiger charge is 2.34. The van der Waals surface area contributed by atoms with E-state index in [4.69, 9.17) is 0 Å². The Morgan fingerprint density at radius 3 is 2.78 bits per heavy atom. The van der Waals surface area contributed by atoms with Crippen molar-refractivity contribution in [1.29, 1.82) is 0 Å². The molecule has 9 heavy (non-hydrogen) atoms. The highest BCUT2D eigenvalue weighted by Crippen LogP contribution is 2.25. The van der Waals surface area contributed by atoms with Crippen LogP contribution >= 0.6 is 0 Å². The van der Waals surface area contributed by atoms with Crippen molar-refractivity contribution in [2.24, 2.45) is 5.92 Å². The molecular weight excluding hydrogens is 114 g/mol. The summed E-state index contributed by atoms with van der Waals surface area (Å²) in [6, 6.07) is 0.845. The topological polar surface area (TPSA) is 29.1 Å². The van der Waals surface area contributed by atoms with E-state index in [0.29, 0.717) is 12.1 Å². The summed E-state index contributed by atoms with van der Waals surface area (Å²) in [5, 5.41) is 3.29. The van der Waals surface area contributed by atoms with E-state index in [0.717, 1.165) is 12.7 Å². The van der Waals surface area contributed by atoms with Gasteiger partial charge in [0.15, 0.2) is 0 Å². The van der Waals surface area contributed by atoms with Crippen LogP contribution in [0.1, 0.15) is 6.42 Å². The van der Waals surface area contributed by atoms with E-state index in [1.54, 1.807) is 0 Å². The Morgan fingerprint density at radius 1 is 1.56 bits per heavy atom. The van der Waals surface area contributed by atoms with Crippen LogP contribution in [0.25, 0.3) is 0 Å². The minimum Gasteiger partial charge on any atom is -0.304 e. The van der Waals surface area contributed by atoms with E-state index in [2.05, 4.69) is 17.5 Å². The average Bonchev–Trinajstić information content (AvgIpc) is 2.45. The van der Waals surface area contributed by atoms with Crippen molar-refractivity contribution >= 4 is 6.29 Å². The molecule has 2 heterocycles. The van der Waals surface area contributed by atoms with Crippen LogP contribution in [-0.4, -0.2) is 18.4 Å². The van der Waals surface area contributed by atoms with Gasteiger partial charge in [0.2, 0.25) is 0 Å². The van der Waals surface area contributed by atoms with Crippen LogP contribution in [0.3, 0.4) is 0 Å². The van der Waals surface area contributed by atoms with Crippen molar-refractivity contribution < 1.29 is 4.79 Å². The average molecular weight is 123 g/mol. The maximum absolute atomic E-state index is 10.3. The molecule has 1 saturated heterocycles. The van der Waals surface area contributed by atoms with Gasteiger partial charge in [-0.15, -0.1) is 0 Å². The molecule has 0 aliphatic carbocycles. The van der Waals surface area contributed by atoms with Crippen LogP contribution in [0.15, 0.2) is 12.2 Å². The predicted molar refractivity (Wildman–Crippen MR) is 34.0 cm³/mol. The number of rotatable bonds is 1. The van der Waals surface area contributed by atoms with Gasteiger partial charge in [-0.3, -0.25) is 0 Å². The van der Waals surface area contributed by atoms with E-state index < -0.39 is 0 Å². The molecule has 2 aliphatic heterocycles. The minimum atomic E-state index is 0.250. The summed E-state index contributed by atoms with van der Waals surface area (Å²) in [6.45, 7) is 0. The van der Waals surface area contributed by atoms with Gasteiger partial charge in [-0.05, 0) is 6.42 Å². The van der Waals surface area contributed by atoms with Crippen LogP contribution in [0.5, 0.6) is 0 Å². The fourth-order valence-corrected chi connectivity index (χ4v) is 1.61. The quantitative estimate of drug-likeness (QED) is 0.396. The second kappa shape index (κ2) is 1.67. The Balaban J connectivity index is 2.19. The first-order chi connectivity index (χ1) is 4.40. The summed E-state index contributed by atoms with van der Waals surface area (Å²) in [4.78, 5) is 10.3. The summed E-state index contributed by atoms with van der Waals surface area (Å²) in [5.74, 6) is 0.250. The molecule has 2 heteroatoms. The van der Waals surface area contributed by atoms with Gasteiger partial charge in [0.1, 0.15) is 6.29 Å². The fraction of sp³-hybridized carbons (Fsp3) is 0.571. The summed E-state index contributed by atoms with van der Waals surface area (Å²) in [6.07, 6.45) is 6.30. The molecule has 0 spiro atoms. The van der Waals surface area contributed by atoms with E-state index in [-0.39, 0.29) is 5.92 Å². The van der Waals surface area contributed by atoms with Crippen molar-refractivity contribution in [1.82, 2.24) is 5.32 Å². The van der Waals surface area contributed by atoms with Crippen molar-refractivity contribution in [3.8, 4) is 0 Å². The van der Waals surface area contributed by atoms with Crippen molar-refractivity contribution in [3.05, 3.63) is 12.2 Å². The standard InChI is InChI=1S/C7H9NO/c9-4-5-3-6-1-2-7(5)8-6/h1-2,4-8H,3H2/t5-,6-,7+/m1/s1. The molecule has 48 valence electrons. The van der Waals surface area contributed by atoms with Gasteiger partial charge >= 0.3 is 0 Å². The molecule has 0 aromatic heterocycles. The van der Waals surface area contributed by atoms with E-state index >= 15 is 0 Å². The molecule has 1 N–H and O–H groups in total. The first-order valence-electron chi connectivity index (χ1n) is 3.30. The maximum atomic E-state index is 10.3. The van der Waals surface area contributed by atoms with Gasteiger partial charge < -0.3 is 10.1 Å². The molecule has 0 saturated carbocycles. The lowest BCUT2D eigenvalue weighted by atomic mass is 9.96. The fourth-order valence-electron chi connectivity index (χ4n) is 1.61. The number of carbonyl (C=O) groups excluding carboxylic acids is 1. The van der Waals surface area contributed by atoms with E-state index in [1.807, 2.05) is 0 Å². The maximum Gasteiger partial charge on any atom is 0.125 e. The Kier molecular flexibility index (Phi) is 0.963. The Hall–Kier alpha value is -0.630. The second-order valence-electron chi connectivity index (χ2n) is 2.72. The molecule has 1 fully saturated rings. The lowest BCUT2D eigenvalue weighted by Gasteiger charge is -2.06. The first kappa shape index (κ1) is 5.18. The molecule has 2 rings (SSSR count). The van der Waals surface area contributed by atoms with Gasteiger partial charge in [-0.1, -0.05) is 12.2 Å². The minimum absolute atomic E-state index is 0.250. The molecule has 2 aliphatic rings. The highest BCUT2D eigenvalue weighted by molar-refractivity contribution is 5.57. The zero-order chi connectivity index (χ0) is 6.27. The molecule has 0 aromatic carbocycles. The first-order valence-corrected chi connectivity index (χ1v) is 3.30. The lowest BCUT2D eigenvalue weighted by Crippen LogP contribution is -2.23. The van der Waals surface area contributed by atoms with E-state index in [1.165, 1.54) is 0 Å². The van der Waals surface area contributed by atoms with Crippen molar-refractivity contribution in [2.45, 2.75) is 18.5 Å². The van der Waals surface area contributed by atoms with E-state index in [9.17, 15) is 4.79 Å². The largest absolute Gasteiger partial charge is 0.304 e. The summed E-state index contributed by atoms with van der Waals surface area (Å²) in [5.41, 5.74) is 0. The Morgan fingerprint density at radius 2 is 2.44 bits per heavy atom. The molecule has 0 aromatic rings. The van der Waals surface area contributed by atoms with Crippen LogP contribution in [0.4, 0.5) is 0 Å². The third kappa shape index (κ3) is 0.630. The van der Waals surface area contributed by atoms with Gasteiger partial charge in [0.25, 0.3) is 0 Å². The zero-order valence-corrected chi connectivity index (χ0v) is 5.08. The highest BCUT2D eigenvalue weighted by atomic mass is 16.1. The third-order valence-corrected chi connectivity index (χ3v) is 2.12. The summed E-state index contributed by atoms with van der Waals surface area (Å²) >= 11 is 0. The van der Waals surface area contributed by atoms with Crippen molar-refractivity contribution in [2.75, 3.05) is 0 Å². The number of carbonyl (C=O) groups is 1. The van der Waals surface area contributed by atoms with Gasteiger partial charge in [-0.2, -0.15) is 0 Å². The number of fused-ring (bicyclic) bond motifs is 2. The van der Waals surface area contributed by atoms with Crippen molar-refractivity contribution in [3.63, 3.8) is 0 Å². The number of hydrogen-bond donors (Lipinski definition) is 1. The zero-order valence-electron chi connectivity index (χ0n) is 5.08. The lowest BCUT2D eigenvalue weighted by molar-refractivity contribution is -0.111. The van der Waals surface area contributed by atoms with Gasteiger partial charge in [0, 0.05) is 18.0 Å². The molecule has 0 radical (unpaired) electrons. The SMILES string of the molecule is O=C[C@H]1C[C@H]2C=C[C@@H]1N2. The third-order valence-electron chi connectivity index (χ3n) is 2.12. The monoisotopic (exact) mass is 123 g/mol. The molecule has 0 amide bonds. The Bertz CT molecular complexity index is 164. The van der Waals surface area contributed by atoms with Crippen LogP contribution in [0.2, 0.25) is 0 Å². The van der Waals surface area contributed by atoms with Gasteiger partial charge in [0.05, 0.1) is 0 Å². The second-order valence-corrected chi connectivity index (χ2v) is 2.72. The number of hydrogen-bond acceptors (Lipinski definition) is 2. The Labute approximate surface area is 53.9 Å². The predicted octanol–water partition coefficient (Wildman–Crippen LogP) is 0.102. The summed E-state index contributed by atoms with van der Waals surface area (Å²) in [7, 11) is 0. The van der Waals surface area contributed by atoms with Crippen LogP contribution in [0, 0.1) is 5.92 Å². The van der Waals surface area contributed by atoms with Crippen LogP contribution < -0.4 is 5.32 Å². The molecule has 0 unspecified atom stereocenters. The molecule has 3 atom stereocenters. The van der Waals surface area contributed by atoms with Crippen LogP contribution in [-0.2, 0) is 4.79 Å².